The van der Waals surface area contributed by atoms with Gasteiger partial charge < -0.3 is 5.32 Å². The summed E-state index contributed by atoms with van der Waals surface area (Å²) in [5, 5.41) is 9.48. The van der Waals surface area contributed by atoms with Crippen molar-refractivity contribution in [3.05, 3.63) is 111 Å². The fourth-order valence-corrected chi connectivity index (χ4v) is 4.26. The molecule has 0 aliphatic carbocycles. The number of carbonyl (C=O) groups excluding carboxylic acids is 2. The number of carbonyl (C=O) groups is 2. The minimum absolute atomic E-state index is 0.135. The maximum atomic E-state index is 12.9. The van der Waals surface area contributed by atoms with Crippen LogP contribution in [-0.4, -0.2) is 21.5 Å². The minimum Gasteiger partial charge on any atom is -0.348 e. The summed E-state index contributed by atoms with van der Waals surface area (Å²) in [6, 6.07) is 20.7. The summed E-state index contributed by atoms with van der Waals surface area (Å²) >= 11 is 1.37. The normalized spacial score (nSPS) is 10.8. The first-order valence-corrected chi connectivity index (χ1v) is 10.9. The summed E-state index contributed by atoms with van der Waals surface area (Å²) in [6.07, 6.45) is 0. The lowest BCUT2D eigenvalue weighted by Crippen LogP contribution is -2.25. The molecule has 31 heavy (non-hydrogen) atoms. The average Bonchev–Trinajstić information content (AvgIpc) is 3.41. The summed E-state index contributed by atoms with van der Waals surface area (Å²) < 4.78 is 1.96. The fraction of sp³-hybridized carbons (Fsp3) is 0.160. The number of nitrogens with one attached hydrogen (secondary N) is 1. The van der Waals surface area contributed by atoms with Gasteiger partial charge in [-0.05, 0) is 36.9 Å². The van der Waals surface area contributed by atoms with E-state index in [1.165, 1.54) is 16.9 Å². The van der Waals surface area contributed by atoms with E-state index < -0.39 is 0 Å². The Balaban J connectivity index is 1.51. The van der Waals surface area contributed by atoms with E-state index in [1.54, 1.807) is 30.3 Å². The molecule has 0 saturated heterocycles. The number of aromatic nitrogens is 2. The molecule has 0 radical (unpaired) electrons. The molecule has 156 valence electrons. The molecule has 4 aromatic rings. The molecule has 0 aliphatic rings. The Morgan fingerprint density at radius 2 is 1.65 bits per heavy atom. The van der Waals surface area contributed by atoms with Gasteiger partial charge >= 0.3 is 0 Å². The van der Waals surface area contributed by atoms with Gasteiger partial charge in [-0.2, -0.15) is 5.10 Å². The van der Waals surface area contributed by atoms with Crippen LogP contribution in [-0.2, 0) is 13.1 Å². The second-order valence-corrected chi connectivity index (χ2v) is 8.28. The topological polar surface area (TPSA) is 64.0 Å². The zero-order valence-electron chi connectivity index (χ0n) is 17.5. The Morgan fingerprint density at radius 1 is 0.935 bits per heavy atom. The van der Waals surface area contributed by atoms with Gasteiger partial charge in [0.25, 0.3) is 5.91 Å². The second-order valence-electron chi connectivity index (χ2n) is 7.33. The highest BCUT2D eigenvalue weighted by Crippen LogP contribution is 2.19. The van der Waals surface area contributed by atoms with Crippen LogP contribution in [0.5, 0.6) is 0 Å². The lowest BCUT2D eigenvalue weighted by Gasteiger charge is -2.10. The summed E-state index contributed by atoms with van der Waals surface area (Å²) in [6.45, 7) is 5.00. The Morgan fingerprint density at radius 3 is 2.35 bits per heavy atom. The molecule has 6 heteroatoms. The van der Waals surface area contributed by atoms with Crippen LogP contribution in [0.4, 0.5) is 0 Å². The van der Waals surface area contributed by atoms with Crippen LogP contribution >= 0.6 is 11.3 Å². The molecule has 0 bridgehead atoms. The lowest BCUT2D eigenvalue weighted by atomic mass is 10.0. The number of rotatable bonds is 7. The highest BCUT2D eigenvalue weighted by Gasteiger charge is 2.19. The largest absolute Gasteiger partial charge is 0.348 e. The Bertz CT molecular complexity index is 1210. The molecule has 4 rings (SSSR count). The summed E-state index contributed by atoms with van der Waals surface area (Å²) in [4.78, 5) is 26.4. The Labute approximate surface area is 185 Å². The van der Waals surface area contributed by atoms with Crippen LogP contribution in [0, 0.1) is 13.8 Å². The van der Waals surface area contributed by atoms with Crippen LogP contribution < -0.4 is 5.32 Å². The van der Waals surface area contributed by atoms with Crippen molar-refractivity contribution < 1.29 is 9.59 Å². The smallest absolute Gasteiger partial charge is 0.252 e. The first-order chi connectivity index (χ1) is 15.0. The van der Waals surface area contributed by atoms with E-state index in [2.05, 4.69) is 22.5 Å². The van der Waals surface area contributed by atoms with Gasteiger partial charge in [0.2, 0.25) is 5.78 Å². The molecule has 0 aliphatic heterocycles. The SMILES string of the molecule is Cc1nn(Cc2ccccc2)c(C)c1CNC(=O)c1ccccc1C(=O)c1cccs1. The number of amides is 1. The van der Waals surface area contributed by atoms with Gasteiger partial charge in [-0.1, -0.05) is 54.6 Å². The van der Waals surface area contributed by atoms with Crippen molar-refractivity contribution in [3.63, 3.8) is 0 Å². The quantitative estimate of drug-likeness (QED) is 0.431. The first-order valence-electron chi connectivity index (χ1n) is 10.1. The number of hydrogen-bond donors (Lipinski definition) is 1. The molecule has 2 heterocycles. The number of benzene rings is 2. The maximum Gasteiger partial charge on any atom is 0.252 e. The molecule has 2 aromatic heterocycles. The highest BCUT2D eigenvalue weighted by atomic mass is 32.1. The van der Waals surface area contributed by atoms with Crippen molar-refractivity contribution in [2.24, 2.45) is 0 Å². The molecule has 1 N–H and O–H groups in total. The predicted molar refractivity (Wildman–Crippen MR) is 123 cm³/mol. The number of nitrogens with zero attached hydrogens (tertiary/aromatic N) is 2. The lowest BCUT2D eigenvalue weighted by molar-refractivity contribution is 0.0940. The predicted octanol–water partition coefficient (Wildman–Crippen LogP) is 4.77. The Hall–Kier alpha value is -3.51. The molecule has 0 fully saturated rings. The van der Waals surface area contributed by atoms with Crippen LogP contribution in [0.2, 0.25) is 0 Å². The molecule has 0 unspecified atom stereocenters. The third-order valence-electron chi connectivity index (χ3n) is 5.29. The van der Waals surface area contributed by atoms with Gasteiger partial charge in [-0.15, -0.1) is 11.3 Å². The number of thiophene rings is 1. The Kier molecular flexibility index (Phi) is 6.09. The van der Waals surface area contributed by atoms with E-state index in [0.29, 0.717) is 29.1 Å². The van der Waals surface area contributed by atoms with Crippen molar-refractivity contribution in [2.45, 2.75) is 26.9 Å². The van der Waals surface area contributed by atoms with E-state index in [9.17, 15) is 9.59 Å². The fourth-order valence-electron chi connectivity index (χ4n) is 3.58. The number of hydrogen-bond acceptors (Lipinski definition) is 4. The zero-order chi connectivity index (χ0) is 21.8. The van der Waals surface area contributed by atoms with Gasteiger partial charge in [-0.3, -0.25) is 14.3 Å². The van der Waals surface area contributed by atoms with Crippen molar-refractivity contribution in [2.75, 3.05) is 0 Å². The maximum absolute atomic E-state index is 12.9. The monoisotopic (exact) mass is 429 g/mol. The van der Waals surface area contributed by atoms with E-state index in [1.807, 2.05) is 48.2 Å². The van der Waals surface area contributed by atoms with Crippen LogP contribution in [0.25, 0.3) is 0 Å². The van der Waals surface area contributed by atoms with Gasteiger partial charge in [-0.25, -0.2) is 0 Å². The summed E-state index contributed by atoms with van der Waals surface area (Å²) in [7, 11) is 0. The second kappa shape index (κ2) is 9.10. The van der Waals surface area contributed by atoms with Crippen LogP contribution in [0.3, 0.4) is 0 Å². The summed E-state index contributed by atoms with van der Waals surface area (Å²) in [5.41, 5.74) is 4.86. The van der Waals surface area contributed by atoms with Crippen molar-refractivity contribution >= 4 is 23.0 Å². The molecular weight excluding hydrogens is 406 g/mol. The van der Waals surface area contributed by atoms with Crippen molar-refractivity contribution in [3.8, 4) is 0 Å². The van der Waals surface area contributed by atoms with Gasteiger partial charge in [0, 0.05) is 23.4 Å². The molecule has 1 amide bonds. The molecule has 5 nitrogen and oxygen atoms in total. The molecule has 2 aromatic carbocycles. The van der Waals surface area contributed by atoms with Crippen molar-refractivity contribution in [1.29, 1.82) is 0 Å². The number of aryl methyl sites for hydroxylation is 1. The summed E-state index contributed by atoms with van der Waals surface area (Å²) in [5.74, 6) is -0.404. The van der Waals surface area contributed by atoms with Gasteiger partial charge in [0.1, 0.15) is 0 Å². The average molecular weight is 430 g/mol. The standard InChI is InChI=1S/C25H23N3O2S/c1-17-22(18(2)28(27-17)16-19-9-4-3-5-10-19)15-26-25(30)21-12-7-6-11-20(21)24(29)23-13-8-14-31-23/h3-14H,15-16H2,1-2H3,(H,26,30). The molecule has 0 spiro atoms. The van der Waals surface area contributed by atoms with Gasteiger partial charge in [0.05, 0.1) is 22.7 Å². The van der Waals surface area contributed by atoms with Crippen LogP contribution in [0.1, 0.15) is 48.1 Å². The number of ketones is 1. The third-order valence-corrected chi connectivity index (χ3v) is 6.16. The minimum atomic E-state index is -0.268. The third kappa shape index (κ3) is 4.49. The zero-order valence-corrected chi connectivity index (χ0v) is 18.3. The van der Waals surface area contributed by atoms with E-state index in [0.717, 1.165) is 17.0 Å². The van der Waals surface area contributed by atoms with Crippen molar-refractivity contribution in [1.82, 2.24) is 15.1 Å². The highest BCUT2D eigenvalue weighted by molar-refractivity contribution is 7.12. The molecule has 0 saturated carbocycles. The van der Waals surface area contributed by atoms with E-state index in [-0.39, 0.29) is 11.7 Å². The molecule has 0 atom stereocenters. The van der Waals surface area contributed by atoms with Crippen LogP contribution in [0.15, 0.2) is 72.1 Å². The molecular formula is C25H23N3O2S. The van der Waals surface area contributed by atoms with E-state index >= 15 is 0 Å². The van der Waals surface area contributed by atoms with E-state index in [4.69, 9.17) is 0 Å². The van der Waals surface area contributed by atoms with Gasteiger partial charge in [0.15, 0.2) is 0 Å². The first kappa shape index (κ1) is 20.8.